The van der Waals surface area contributed by atoms with Gasteiger partial charge in [0.15, 0.2) is 17.6 Å². The Morgan fingerprint density at radius 3 is 2.55 bits per heavy atom. The fourth-order valence-electron chi connectivity index (χ4n) is 2.81. The molecule has 0 amide bonds. The molecule has 2 N–H and O–H groups in total. The largest absolute Gasteiger partial charge is 0.463 e. The van der Waals surface area contributed by atoms with E-state index in [1.54, 1.807) is 6.26 Å². The third-order valence-corrected chi connectivity index (χ3v) is 4.20. The summed E-state index contributed by atoms with van der Waals surface area (Å²) in [6, 6.07) is 3.51. The van der Waals surface area contributed by atoms with Crippen LogP contribution < -0.4 is 4.90 Å². The Balaban J connectivity index is 2.20. The highest BCUT2D eigenvalue weighted by molar-refractivity contribution is 6.04. The molecule has 0 bridgehead atoms. The zero-order valence-corrected chi connectivity index (χ0v) is 13.7. The first-order valence-corrected chi connectivity index (χ1v) is 7.42. The molecule has 22 heavy (non-hydrogen) atoms. The van der Waals surface area contributed by atoms with Crippen LogP contribution in [0.2, 0.25) is 0 Å². The Morgan fingerprint density at radius 2 is 2.05 bits per heavy atom. The number of quaternary nitrogens is 1. The van der Waals surface area contributed by atoms with Crippen molar-refractivity contribution in [2.24, 2.45) is 0 Å². The Morgan fingerprint density at radius 1 is 1.36 bits per heavy atom. The summed E-state index contributed by atoms with van der Waals surface area (Å²) in [4.78, 5) is 28.5. The number of hydrogen-bond acceptors (Lipinski definition) is 3. The first-order valence-electron chi connectivity index (χ1n) is 7.42. The molecular formula is C17H23N2O3+. The van der Waals surface area contributed by atoms with E-state index in [0.29, 0.717) is 17.8 Å². The summed E-state index contributed by atoms with van der Waals surface area (Å²) in [5.74, 6) is 0.840. The van der Waals surface area contributed by atoms with Crippen LogP contribution in [0.1, 0.15) is 51.7 Å². The number of carbonyl (C=O) groups is 2. The third kappa shape index (κ3) is 3.04. The monoisotopic (exact) mass is 303 g/mol. The second-order valence-corrected chi connectivity index (χ2v) is 5.87. The van der Waals surface area contributed by atoms with E-state index in [0.717, 1.165) is 21.9 Å². The van der Waals surface area contributed by atoms with Crippen molar-refractivity contribution in [1.29, 1.82) is 0 Å². The number of likely N-dealkylation sites (N-methyl/N-ethyl adjacent to an activating group) is 1. The van der Waals surface area contributed by atoms with Crippen LogP contribution in [0.15, 0.2) is 22.8 Å². The number of H-pyrrole nitrogens is 1. The van der Waals surface area contributed by atoms with Crippen LogP contribution in [0.3, 0.4) is 0 Å². The van der Waals surface area contributed by atoms with Gasteiger partial charge in [0.05, 0.1) is 19.0 Å². The summed E-state index contributed by atoms with van der Waals surface area (Å²) >= 11 is 0. The Hall–Kier alpha value is -2.14. The van der Waals surface area contributed by atoms with E-state index in [1.165, 1.54) is 6.92 Å². The number of aromatic amines is 1. The van der Waals surface area contributed by atoms with Crippen molar-refractivity contribution in [2.75, 3.05) is 7.05 Å². The first kappa shape index (κ1) is 16.2. The van der Waals surface area contributed by atoms with E-state index < -0.39 is 0 Å². The van der Waals surface area contributed by atoms with Crippen molar-refractivity contribution >= 4 is 11.6 Å². The molecule has 2 aromatic heterocycles. The molecule has 0 saturated carbocycles. The maximum absolute atomic E-state index is 12.7. The molecule has 0 spiro atoms. The van der Waals surface area contributed by atoms with Crippen LogP contribution in [-0.2, 0) is 6.54 Å². The summed E-state index contributed by atoms with van der Waals surface area (Å²) in [7, 11) is 1.96. The quantitative estimate of drug-likeness (QED) is 0.798. The van der Waals surface area contributed by atoms with Crippen LogP contribution in [0, 0.1) is 13.8 Å². The van der Waals surface area contributed by atoms with Gasteiger partial charge < -0.3 is 14.3 Å². The van der Waals surface area contributed by atoms with Crippen molar-refractivity contribution in [3.8, 4) is 0 Å². The lowest BCUT2D eigenvalue weighted by Crippen LogP contribution is -3.12. The molecule has 0 saturated heterocycles. The van der Waals surface area contributed by atoms with E-state index in [9.17, 15) is 9.59 Å². The van der Waals surface area contributed by atoms with Gasteiger partial charge in [-0.3, -0.25) is 9.59 Å². The number of furan rings is 1. The fourth-order valence-corrected chi connectivity index (χ4v) is 2.81. The second-order valence-electron chi connectivity index (χ2n) is 5.87. The maximum atomic E-state index is 12.7. The van der Waals surface area contributed by atoms with Crippen LogP contribution in [0.5, 0.6) is 0 Å². The lowest BCUT2D eigenvalue weighted by molar-refractivity contribution is -0.908. The molecule has 2 atom stereocenters. The standard InChI is InChI=1S/C17H22N2O3/c1-10-15(13(4)20)11(2)18-16(10)17(21)12(3)19(5)9-14-7-6-8-22-14/h6-8,12,18H,9H2,1-5H3/p+1/t12-/m0/s1. The zero-order valence-electron chi connectivity index (χ0n) is 13.7. The van der Waals surface area contributed by atoms with Gasteiger partial charge in [0.2, 0.25) is 5.78 Å². The average molecular weight is 303 g/mol. The molecule has 0 fully saturated rings. The van der Waals surface area contributed by atoms with Gasteiger partial charge >= 0.3 is 0 Å². The Labute approximate surface area is 130 Å². The topological polar surface area (TPSA) is 67.5 Å². The molecule has 0 aliphatic carbocycles. The fraction of sp³-hybridized carbons (Fsp3) is 0.412. The van der Waals surface area contributed by atoms with Crippen molar-refractivity contribution in [3.63, 3.8) is 0 Å². The molecule has 2 aromatic rings. The SMILES string of the molecule is CC(=O)c1c(C)[nH]c(C(=O)[C@H](C)[NH+](C)Cc2ccco2)c1C. The van der Waals surface area contributed by atoms with Crippen molar-refractivity contribution in [2.45, 2.75) is 40.3 Å². The molecule has 5 heteroatoms. The highest BCUT2D eigenvalue weighted by Crippen LogP contribution is 2.19. The summed E-state index contributed by atoms with van der Waals surface area (Å²) in [5, 5.41) is 0. The van der Waals surface area contributed by atoms with Crippen molar-refractivity contribution in [1.82, 2.24) is 4.98 Å². The number of rotatable bonds is 6. The lowest BCUT2D eigenvalue weighted by atomic mass is 10.0. The summed E-state index contributed by atoms with van der Waals surface area (Å²) < 4.78 is 5.33. The Kier molecular flexibility index (Phi) is 4.66. The van der Waals surface area contributed by atoms with Crippen LogP contribution in [-0.4, -0.2) is 29.6 Å². The smallest absolute Gasteiger partial charge is 0.235 e. The number of aromatic nitrogens is 1. The van der Waals surface area contributed by atoms with Gasteiger partial charge in [0.25, 0.3) is 0 Å². The van der Waals surface area contributed by atoms with E-state index in [-0.39, 0.29) is 17.6 Å². The molecule has 118 valence electrons. The van der Waals surface area contributed by atoms with Gasteiger partial charge in [-0.2, -0.15) is 0 Å². The normalized spacial score (nSPS) is 13.9. The van der Waals surface area contributed by atoms with Gasteiger partial charge in [0, 0.05) is 11.3 Å². The number of Topliss-reactive ketones (excluding diaryl/α,β-unsaturated/α-hetero) is 2. The molecule has 0 aromatic carbocycles. The molecule has 0 aliphatic rings. The minimum atomic E-state index is -0.235. The van der Waals surface area contributed by atoms with E-state index >= 15 is 0 Å². The van der Waals surface area contributed by atoms with Gasteiger partial charge in [0.1, 0.15) is 6.54 Å². The van der Waals surface area contributed by atoms with E-state index in [1.807, 2.05) is 40.0 Å². The number of carbonyl (C=O) groups excluding carboxylic acids is 2. The predicted molar refractivity (Wildman–Crippen MR) is 83.4 cm³/mol. The van der Waals surface area contributed by atoms with Gasteiger partial charge in [-0.15, -0.1) is 0 Å². The van der Waals surface area contributed by atoms with Gasteiger partial charge in [-0.1, -0.05) is 0 Å². The summed E-state index contributed by atoms with van der Waals surface area (Å²) in [5.41, 5.74) is 2.66. The Bertz CT molecular complexity index is 683. The highest BCUT2D eigenvalue weighted by Gasteiger charge is 2.28. The van der Waals surface area contributed by atoms with Gasteiger partial charge in [-0.05, 0) is 45.4 Å². The van der Waals surface area contributed by atoms with Crippen LogP contribution >= 0.6 is 0 Å². The summed E-state index contributed by atoms with van der Waals surface area (Å²) in [6.07, 6.45) is 1.63. The second kappa shape index (κ2) is 6.32. The third-order valence-electron chi connectivity index (χ3n) is 4.20. The van der Waals surface area contributed by atoms with Crippen molar-refractivity contribution in [3.05, 3.63) is 46.7 Å². The number of hydrogen-bond donors (Lipinski definition) is 2. The van der Waals surface area contributed by atoms with Crippen LogP contribution in [0.4, 0.5) is 0 Å². The van der Waals surface area contributed by atoms with Crippen LogP contribution in [0.25, 0.3) is 0 Å². The van der Waals surface area contributed by atoms with E-state index in [2.05, 4.69) is 4.98 Å². The summed E-state index contributed by atoms with van der Waals surface area (Å²) in [6.45, 7) is 7.70. The molecule has 1 unspecified atom stereocenters. The molecule has 5 nitrogen and oxygen atoms in total. The minimum absolute atomic E-state index is 0.0113. The molecule has 2 rings (SSSR count). The minimum Gasteiger partial charge on any atom is -0.463 e. The number of aryl methyl sites for hydroxylation is 1. The number of nitrogens with one attached hydrogen (secondary N) is 2. The molecule has 0 aliphatic heterocycles. The number of ketones is 2. The molecule has 2 heterocycles. The molecular weight excluding hydrogens is 280 g/mol. The van der Waals surface area contributed by atoms with Gasteiger partial charge in [-0.25, -0.2) is 0 Å². The maximum Gasteiger partial charge on any atom is 0.235 e. The van der Waals surface area contributed by atoms with Crippen molar-refractivity contribution < 1.29 is 18.9 Å². The zero-order chi connectivity index (χ0) is 16.4. The predicted octanol–water partition coefficient (Wildman–Crippen LogP) is 1.71. The average Bonchev–Trinajstić information content (AvgIpc) is 3.05. The molecule has 0 radical (unpaired) electrons. The van der Waals surface area contributed by atoms with E-state index in [4.69, 9.17) is 4.42 Å². The highest BCUT2D eigenvalue weighted by atomic mass is 16.3. The first-order chi connectivity index (χ1) is 10.3. The lowest BCUT2D eigenvalue weighted by Gasteiger charge is -2.19.